The Balaban J connectivity index is 1.63. The van der Waals surface area contributed by atoms with E-state index in [0.29, 0.717) is 11.8 Å². The average Bonchev–Trinajstić information content (AvgIpc) is 2.74. The van der Waals surface area contributed by atoms with Crippen molar-refractivity contribution in [1.29, 1.82) is 0 Å². The lowest BCUT2D eigenvalue weighted by Gasteiger charge is -2.24. The molecule has 134 valence electrons. The van der Waals surface area contributed by atoms with Gasteiger partial charge in [-0.05, 0) is 35.2 Å². The molecule has 0 fully saturated rings. The van der Waals surface area contributed by atoms with Crippen LogP contribution in [0.3, 0.4) is 0 Å². The fraction of sp³-hybridized carbons (Fsp3) is 0.120. The molecule has 0 amide bonds. The summed E-state index contributed by atoms with van der Waals surface area (Å²) >= 11 is 0. The predicted molar refractivity (Wildman–Crippen MR) is 115 cm³/mol. The molecule has 3 aromatic carbocycles. The van der Waals surface area contributed by atoms with E-state index in [2.05, 4.69) is 91.9 Å². The van der Waals surface area contributed by atoms with Crippen LogP contribution in [0.15, 0.2) is 103 Å². The largest absolute Gasteiger partial charge is 0.279 e. The number of anilines is 2. The molecular weight excluding hydrogens is 328 g/mol. The van der Waals surface area contributed by atoms with E-state index in [9.17, 15) is 0 Å². The Hall–Kier alpha value is -3.10. The van der Waals surface area contributed by atoms with Crippen LogP contribution in [-0.4, -0.2) is 0 Å². The zero-order valence-corrected chi connectivity index (χ0v) is 15.5. The molecule has 0 saturated heterocycles. The molecule has 4 rings (SSSR count). The molecule has 2 unspecified atom stereocenters. The van der Waals surface area contributed by atoms with E-state index in [0.717, 1.165) is 22.5 Å². The molecule has 0 aromatic heterocycles. The third kappa shape index (κ3) is 3.57. The smallest absolute Gasteiger partial charge is 0.0653 e. The zero-order chi connectivity index (χ0) is 18.6. The fourth-order valence-electron chi connectivity index (χ4n) is 3.67. The number of allylic oxidation sites excluding steroid dienone is 4. The maximum absolute atomic E-state index is 6.52. The van der Waals surface area contributed by atoms with E-state index >= 15 is 0 Å². The lowest BCUT2D eigenvalue weighted by Crippen LogP contribution is -2.25. The first-order valence-corrected chi connectivity index (χ1v) is 9.38. The van der Waals surface area contributed by atoms with Crippen LogP contribution in [0.2, 0.25) is 0 Å². The van der Waals surface area contributed by atoms with Gasteiger partial charge in [0, 0.05) is 11.5 Å². The summed E-state index contributed by atoms with van der Waals surface area (Å²) in [5.74, 6) is 7.45. The van der Waals surface area contributed by atoms with Crippen molar-refractivity contribution in [3.63, 3.8) is 0 Å². The van der Waals surface area contributed by atoms with Crippen LogP contribution < -0.4 is 10.9 Å². The van der Waals surface area contributed by atoms with E-state index in [-0.39, 0.29) is 0 Å². The Bertz CT molecular complexity index is 955. The van der Waals surface area contributed by atoms with Gasteiger partial charge >= 0.3 is 0 Å². The first-order valence-electron chi connectivity index (χ1n) is 9.38. The number of benzene rings is 3. The number of rotatable bonds is 4. The second-order valence-corrected chi connectivity index (χ2v) is 7.00. The van der Waals surface area contributed by atoms with E-state index in [1.165, 1.54) is 5.56 Å². The molecule has 1 aliphatic rings. The first-order chi connectivity index (χ1) is 13.2. The van der Waals surface area contributed by atoms with E-state index in [1.54, 1.807) is 5.01 Å². The maximum atomic E-state index is 6.52. The van der Waals surface area contributed by atoms with Gasteiger partial charge in [0.2, 0.25) is 0 Å². The van der Waals surface area contributed by atoms with Gasteiger partial charge in [0.25, 0.3) is 0 Å². The van der Waals surface area contributed by atoms with Crippen molar-refractivity contribution in [2.75, 3.05) is 5.01 Å². The standard InChI is InChI=1S/C25H24N2/c1-19-9-5-6-12-23(19)21-15-17-22(18-16-21)27(26)25-14-8-7-13-24(25)20-10-3-2-4-11-20/h2-19,23H,26H2,1H3. The molecule has 0 spiro atoms. The fourth-order valence-corrected chi connectivity index (χ4v) is 3.67. The third-order valence-electron chi connectivity index (χ3n) is 5.22. The molecular formula is C25H24N2. The molecule has 2 N–H and O–H groups in total. The highest BCUT2D eigenvalue weighted by Crippen LogP contribution is 2.35. The number of hydrogen-bond acceptors (Lipinski definition) is 2. The van der Waals surface area contributed by atoms with Crippen LogP contribution >= 0.6 is 0 Å². The number of nitrogens with zero attached hydrogens (tertiary/aromatic N) is 1. The van der Waals surface area contributed by atoms with Crippen LogP contribution in [0, 0.1) is 5.92 Å². The van der Waals surface area contributed by atoms with Crippen molar-refractivity contribution in [2.24, 2.45) is 11.8 Å². The molecule has 1 aliphatic carbocycles. The average molecular weight is 352 g/mol. The van der Waals surface area contributed by atoms with Crippen LogP contribution in [0.5, 0.6) is 0 Å². The Labute approximate surface area is 161 Å². The highest BCUT2D eigenvalue weighted by atomic mass is 15.4. The van der Waals surface area contributed by atoms with Crippen LogP contribution in [0.1, 0.15) is 18.4 Å². The van der Waals surface area contributed by atoms with Gasteiger partial charge < -0.3 is 0 Å². The monoisotopic (exact) mass is 352 g/mol. The Morgan fingerprint density at radius 3 is 2.15 bits per heavy atom. The van der Waals surface area contributed by atoms with Gasteiger partial charge in [-0.2, -0.15) is 0 Å². The Kier molecular flexibility index (Phi) is 4.91. The molecule has 3 aromatic rings. The Morgan fingerprint density at radius 2 is 1.41 bits per heavy atom. The van der Waals surface area contributed by atoms with Gasteiger partial charge in [-0.1, -0.05) is 91.9 Å². The van der Waals surface area contributed by atoms with Crippen LogP contribution in [-0.2, 0) is 0 Å². The summed E-state index contributed by atoms with van der Waals surface area (Å²) in [6.45, 7) is 2.25. The SMILES string of the molecule is CC1C=CC=CC1c1ccc(N(N)c2ccccc2-c2ccccc2)cc1. The van der Waals surface area contributed by atoms with Crippen molar-refractivity contribution in [3.05, 3.63) is 109 Å². The van der Waals surface area contributed by atoms with Gasteiger partial charge in [-0.25, -0.2) is 5.84 Å². The van der Waals surface area contributed by atoms with Gasteiger partial charge in [-0.3, -0.25) is 5.01 Å². The molecule has 2 nitrogen and oxygen atoms in total. The summed E-state index contributed by atoms with van der Waals surface area (Å²) in [5, 5.41) is 1.77. The van der Waals surface area contributed by atoms with Gasteiger partial charge in [0.1, 0.15) is 0 Å². The molecule has 2 atom stereocenters. The first kappa shape index (κ1) is 17.3. The van der Waals surface area contributed by atoms with Crippen molar-refractivity contribution in [2.45, 2.75) is 12.8 Å². The molecule has 0 saturated carbocycles. The van der Waals surface area contributed by atoms with Crippen molar-refractivity contribution in [3.8, 4) is 11.1 Å². The van der Waals surface area contributed by atoms with Crippen LogP contribution in [0.4, 0.5) is 11.4 Å². The highest BCUT2D eigenvalue weighted by molar-refractivity contribution is 5.81. The zero-order valence-electron chi connectivity index (χ0n) is 15.5. The lowest BCUT2D eigenvalue weighted by atomic mass is 9.84. The predicted octanol–water partition coefficient (Wildman–Crippen LogP) is 6.21. The molecule has 0 heterocycles. The summed E-state index contributed by atoms with van der Waals surface area (Å²) in [4.78, 5) is 0. The van der Waals surface area contributed by atoms with E-state index < -0.39 is 0 Å². The number of nitrogens with two attached hydrogens (primary N) is 1. The topological polar surface area (TPSA) is 29.3 Å². The van der Waals surface area contributed by atoms with Crippen LogP contribution in [0.25, 0.3) is 11.1 Å². The summed E-state index contributed by atoms with van der Waals surface area (Å²) in [5.41, 5.74) is 5.57. The minimum atomic E-state index is 0.423. The third-order valence-corrected chi connectivity index (χ3v) is 5.22. The van der Waals surface area contributed by atoms with Gasteiger partial charge in [0.05, 0.1) is 11.4 Å². The van der Waals surface area contributed by atoms with E-state index in [1.807, 2.05) is 18.2 Å². The Morgan fingerprint density at radius 1 is 0.741 bits per heavy atom. The summed E-state index contributed by atoms with van der Waals surface area (Å²) in [6, 6.07) is 27.2. The minimum absolute atomic E-state index is 0.423. The minimum Gasteiger partial charge on any atom is -0.279 e. The molecule has 0 radical (unpaired) electrons. The number of para-hydroxylation sites is 1. The van der Waals surface area contributed by atoms with Gasteiger partial charge in [0.15, 0.2) is 0 Å². The number of hydrogen-bond donors (Lipinski definition) is 1. The molecule has 2 heteroatoms. The molecule has 27 heavy (non-hydrogen) atoms. The second kappa shape index (κ2) is 7.65. The maximum Gasteiger partial charge on any atom is 0.0653 e. The quantitative estimate of drug-likeness (QED) is 0.447. The normalized spacial score (nSPS) is 18.4. The summed E-state index contributed by atoms with van der Waals surface area (Å²) < 4.78 is 0. The summed E-state index contributed by atoms with van der Waals surface area (Å²) in [7, 11) is 0. The second-order valence-electron chi connectivity index (χ2n) is 7.00. The van der Waals surface area contributed by atoms with Crippen molar-refractivity contribution < 1.29 is 0 Å². The number of hydrazine groups is 1. The van der Waals surface area contributed by atoms with Gasteiger partial charge in [-0.15, -0.1) is 0 Å². The molecule has 0 aliphatic heterocycles. The highest BCUT2D eigenvalue weighted by Gasteiger charge is 2.17. The van der Waals surface area contributed by atoms with Crippen molar-refractivity contribution >= 4 is 11.4 Å². The van der Waals surface area contributed by atoms with Crippen molar-refractivity contribution in [1.82, 2.24) is 0 Å². The lowest BCUT2D eigenvalue weighted by molar-refractivity contribution is 0.635. The molecule has 0 bridgehead atoms. The van der Waals surface area contributed by atoms with E-state index in [4.69, 9.17) is 5.84 Å². The summed E-state index contributed by atoms with van der Waals surface area (Å²) in [6.07, 6.45) is 8.77.